The van der Waals surface area contributed by atoms with Gasteiger partial charge in [0.05, 0.1) is 0 Å². The van der Waals surface area contributed by atoms with E-state index in [0.717, 1.165) is 17.2 Å². The molecule has 3 aliphatic rings. The quantitative estimate of drug-likeness (QED) is 0.280. The van der Waals surface area contributed by atoms with Crippen molar-refractivity contribution in [3.8, 4) is 12.1 Å². The van der Waals surface area contributed by atoms with Gasteiger partial charge in [-0.05, 0) is 91.9 Å². The lowest BCUT2D eigenvalue weighted by molar-refractivity contribution is 0.317. The minimum atomic E-state index is -0.0865. The number of hydrogen-bond acceptors (Lipinski definition) is 6. The molecule has 1 aromatic heterocycles. The maximum Gasteiger partial charge on any atom is 0.137 e. The monoisotopic (exact) mass is 580 g/mol. The Hall–Kier alpha value is -4.78. The van der Waals surface area contributed by atoms with Gasteiger partial charge in [-0.3, -0.25) is 4.90 Å². The Bertz CT molecular complexity index is 1780. The summed E-state index contributed by atoms with van der Waals surface area (Å²) in [5, 5.41) is 18.9. The van der Waals surface area contributed by atoms with Gasteiger partial charge in [-0.2, -0.15) is 10.5 Å². The molecule has 3 aromatic rings. The molecular formula is C37H32N4OS. The van der Waals surface area contributed by atoms with Crippen LogP contribution in [0, 0.1) is 42.4 Å². The SMILES string of the molecule is CC1=CC(=C(C#N)C#N)C=C(/C=C/C2=CC3C(S2)c2cnc(N(c4ccc(C)cc4)c4ccc(C)cc4)cc2C3(C)C)O1. The summed E-state index contributed by atoms with van der Waals surface area (Å²) in [6, 6.07) is 23.4. The van der Waals surface area contributed by atoms with E-state index in [1.54, 1.807) is 12.2 Å². The van der Waals surface area contributed by atoms with Crippen LogP contribution in [-0.2, 0) is 10.2 Å². The summed E-state index contributed by atoms with van der Waals surface area (Å²) >= 11 is 1.85. The van der Waals surface area contributed by atoms with Gasteiger partial charge in [0.15, 0.2) is 0 Å². The third-order valence-corrected chi connectivity index (χ3v) is 9.71. The summed E-state index contributed by atoms with van der Waals surface area (Å²) < 4.78 is 5.86. The minimum absolute atomic E-state index is 0.0751. The standard InChI is InChI=1S/C37H32N4OS/c1-23-6-10-28(11-7-23)41(29-12-8-24(2)9-13-29)35-19-33-32(22-40-35)36-34(37(33,4)5)18-31(43-36)15-14-30-17-26(16-25(3)42-30)27(20-38)21-39/h6-19,22,34,36H,1-5H3/b15-14+. The van der Waals surface area contributed by atoms with Gasteiger partial charge in [-0.25, -0.2) is 4.98 Å². The van der Waals surface area contributed by atoms with Crippen molar-refractivity contribution in [2.45, 2.75) is 45.3 Å². The molecule has 2 unspecified atom stereocenters. The third kappa shape index (κ3) is 5.31. The Balaban J connectivity index is 1.30. The van der Waals surface area contributed by atoms with Crippen LogP contribution in [0.5, 0.6) is 0 Å². The fourth-order valence-electron chi connectivity index (χ4n) is 6.01. The first kappa shape index (κ1) is 28.3. The van der Waals surface area contributed by atoms with Crippen molar-refractivity contribution in [2.24, 2.45) is 5.92 Å². The number of fused-ring (bicyclic) bond motifs is 3. The summed E-state index contributed by atoms with van der Waals surface area (Å²) in [5.41, 5.74) is 7.78. The number of aryl methyl sites for hydroxylation is 2. The first-order valence-corrected chi connectivity index (χ1v) is 15.2. The topological polar surface area (TPSA) is 72.9 Å². The molecule has 43 heavy (non-hydrogen) atoms. The maximum absolute atomic E-state index is 9.29. The van der Waals surface area contributed by atoms with Crippen LogP contribution in [0.3, 0.4) is 0 Å². The molecule has 2 atom stereocenters. The highest BCUT2D eigenvalue weighted by atomic mass is 32.2. The van der Waals surface area contributed by atoms with Gasteiger partial charge < -0.3 is 4.74 Å². The molecular weight excluding hydrogens is 549 g/mol. The van der Waals surface area contributed by atoms with E-state index in [1.807, 2.05) is 36.9 Å². The molecule has 0 fully saturated rings. The van der Waals surface area contributed by atoms with Gasteiger partial charge in [-0.1, -0.05) is 55.3 Å². The molecule has 5 nitrogen and oxygen atoms in total. The summed E-state index contributed by atoms with van der Waals surface area (Å²) in [5.74, 6) is 2.48. The average Bonchev–Trinajstić information content (AvgIpc) is 3.51. The minimum Gasteiger partial charge on any atom is -0.462 e. The molecule has 0 saturated carbocycles. The van der Waals surface area contributed by atoms with E-state index in [4.69, 9.17) is 9.72 Å². The number of aromatic nitrogens is 1. The molecule has 2 aliphatic heterocycles. The van der Waals surface area contributed by atoms with Gasteiger partial charge in [0, 0.05) is 39.2 Å². The van der Waals surface area contributed by atoms with Crippen LogP contribution in [0.15, 0.2) is 119 Å². The number of thioether (sulfide) groups is 1. The zero-order valence-electron chi connectivity index (χ0n) is 24.9. The van der Waals surface area contributed by atoms with Gasteiger partial charge >= 0.3 is 0 Å². The van der Waals surface area contributed by atoms with Crippen molar-refractivity contribution in [1.82, 2.24) is 4.98 Å². The molecule has 212 valence electrons. The Morgan fingerprint density at radius 2 is 1.56 bits per heavy atom. The van der Waals surface area contributed by atoms with Gasteiger partial charge in [-0.15, -0.1) is 11.8 Å². The lowest BCUT2D eigenvalue weighted by Gasteiger charge is -2.28. The Morgan fingerprint density at radius 1 is 0.930 bits per heavy atom. The summed E-state index contributed by atoms with van der Waals surface area (Å²) in [7, 11) is 0. The molecule has 2 aromatic carbocycles. The van der Waals surface area contributed by atoms with Crippen molar-refractivity contribution in [2.75, 3.05) is 4.90 Å². The highest BCUT2D eigenvalue weighted by Crippen LogP contribution is 2.62. The number of pyridine rings is 1. The van der Waals surface area contributed by atoms with Crippen molar-refractivity contribution < 1.29 is 4.74 Å². The van der Waals surface area contributed by atoms with Crippen molar-refractivity contribution >= 4 is 29.0 Å². The molecule has 0 amide bonds. The second-order valence-corrected chi connectivity index (χ2v) is 13.0. The fourth-order valence-corrected chi connectivity index (χ4v) is 7.55. The molecule has 0 saturated heterocycles. The number of nitriles is 2. The number of benzene rings is 2. The van der Waals surface area contributed by atoms with Crippen LogP contribution in [-0.4, -0.2) is 4.98 Å². The first-order valence-electron chi connectivity index (χ1n) is 14.3. The van der Waals surface area contributed by atoms with Gasteiger partial charge in [0.1, 0.15) is 35.0 Å². The van der Waals surface area contributed by atoms with Crippen LogP contribution in [0.2, 0.25) is 0 Å². The largest absolute Gasteiger partial charge is 0.462 e. The van der Waals surface area contributed by atoms with Gasteiger partial charge in [0.25, 0.3) is 0 Å². The van der Waals surface area contributed by atoms with Gasteiger partial charge in [0.2, 0.25) is 0 Å². The van der Waals surface area contributed by atoms with Crippen molar-refractivity contribution in [3.05, 3.63) is 141 Å². The predicted octanol–water partition coefficient (Wildman–Crippen LogP) is 9.47. The number of anilines is 3. The molecule has 0 bridgehead atoms. The average molecular weight is 581 g/mol. The molecule has 6 rings (SSSR count). The third-order valence-electron chi connectivity index (χ3n) is 8.36. The summed E-state index contributed by atoms with van der Waals surface area (Å²) in [4.78, 5) is 8.45. The molecule has 1 aliphatic carbocycles. The number of nitrogens with zero attached hydrogens (tertiary/aromatic N) is 4. The van der Waals surface area contributed by atoms with Crippen LogP contribution in [0.4, 0.5) is 17.2 Å². The Labute approximate surface area is 257 Å². The maximum atomic E-state index is 9.29. The van der Waals surface area contributed by atoms with Crippen LogP contribution in [0.1, 0.15) is 48.3 Å². The first-order chi connectivity index (χ1) is 20.7. The normalized spacial score (nSPS) is 19.8. The summed E-state index contributed by atoms with van der Waals surface area (Å²) in [6.45, 7) is 10.7. The second kappa shape index (κ2) is 11.1. The van der Waals surface area contributed by atoms with E-state index >= 15 is 0 Å². The number of allylic oxidation sites excluding steroid dienone is 8. The van der Waals surface area contributed by atoms with Crippen LogP contribution < -0.4 is 4.90 Å². The molecule has 0 radical (unpaired) electrons. The van der Waals surface area contributed by atoms with E-state index in [2.05, 4.69) is 106 Å². The highest BCUT2D eigenvalue weighted by Gasteiger charge is 2.49. The van der Waals surface area contributed by atoms with Crippen LogP contribution in [0.25, 0.3) is 0 Å². The van der Waals surface area contributed by atoms with E-state index in [1.165, 1.54) is 27.2 Å². The number of hydrogen-bond donors (Lipinski definition) is 0. The predicted molar refractivity (Wildman–Crippen MR) is 174 cm³/mol. The van der Waals surface area contributed by atoms with Crippen molar-refractivity contribution in [3.63, 3.8) is 0 Å². The lowest BCUT2D eigenvalue weighted by Crippen LogP contribution is -2.22. The number of ether oxygens (including phenoxy) is 1. The Kier molecular flexibility index (Phi) is 7.34. The zero-order chi connectivity index (χ0) is 30.3. The van der Waals surface area contributed by atoms with E-state index in [-0.39, 0.29) is 16.2 Å². The molecule has 3 heterocycles. The van der Waals surface area contributed by atoms with E-state index < -0.39 is 0 Å². The summed E-state index contributed by atoms with van der Waals surface area (Å²) in [6.07, 6.45) is 11.9. The Morgan fingerprint density at radius 3 is 2.16 bits per heavy atom. The highest BCUT2D eigenvalue weighted by molar-refractivity contribution is 8.03. The van der Waals surface area contributed by atoms with Crippen LogP contribution >= 0.6 is 11.8 Å². The molecule has 0 N–H and O–H groups in total. The second-order valence-electron chi connectivity index (χ2n) is 11.8. The number of rotatable bonds is 5. The van der Waals surface area contributed by atoms with Crippen molar-refractivity contribution in [1.29, 1.82) is 10.5 Å². The smallest absolute Gasteiger partial charge is 0.137 e. The zero-order valence-corrected chi connectivity index (χ0v) is 25.7. The molecule has 6 heteroatoms. The van der Waals surface area contributed by atoms with E-state index in [0.29, 0.717) is 23.0 Å². The molecule has 0 spiro atoms. The fraction of sp³-hybridized carbons (Fsp3) is 0.216. The lowest BCUT2D eigenvalue weighted by atomic mass is 9.78. The van der Waals surface area contributed by atoms with E-state index in [9.17, 15) is 10.5 Å².